The Hall–Kier alpha value is 1.53. The quantitative estimate of drug-likeness (QED) is 0.421. The van der Waals surface area contributed by atoms with Gasteiger partial charge in [-0.05, 0) is 11.8 Å². The molecule has 0 aliphatic heterocycles. The Balaban J connectivity index is 0. The molecule has 0 fully saturated rings. The van der Waals surface area contributed by atoms with E-state index in [4.69, 9.17) is 14.7 Å². The van der Waals surface area contributed by atoms with Crippen LogP contribution in [-0.4, -0.2) is 42.6 Å². The van der Waals surface area contributed by atoms with Gasteiger partial charge in [0.25, 0.3) is 0 Å². The Morgan fingerprint density at radius 3 is 1.60 bits per heavy atom. The maximum absolute atomic E-state index is 7.56. The van der Waals surface area contributed by atoms with Gasteiger partial charge in [0.1, 0.15) is 0 Å². The van der Waals surface area contributed by atoms with E-state index in [0.717, 1.165) is 3.17 Å². The van der Waals surface area contributed by atoms with Crippen molar-refractivity contribution in [2.24, 2.45) is 0 Å². The number of hydrogen-bond acceptors (Lipinski definition) is 1. The van der Waals surface area contributed by atoms with Crippen molar-refractivity contribution in [1.29, 1.82) is 0 Å². The molecule has 3 N–H and O–H groups in total. The van der Waals surface area contributed by atoms with Gasteiger partial charge in [-0.25, -0.2) is 0 Å². The summed E-state index contributed by atoms with van der Waals surface area (Å²) >= 11 is 4.97. The SMILES string of the molecule is CC[CH](C)[Na].OP(O)(O)=S. The number of rotatable bonds is 1. The molecule has 0 saturated carbocycles. The zero-order valence-electron chi connectivity index (χ0n) is 6.48. The molecule has 0 radical (unpaired) electrons. The zero-order valence-corrected chi connectivity index (χ0v) is 10.2. The van der Waals surface area contributed by atoms with Gasteiger partial charge in [-0.1, -0.05) is 0 Å². The second-order valence-electron chi connectivity index (χ2n) is 2.32. The minimum atomic E-state index is -3.81. The van der Waals surface area contributed by atoms with Crippen molar-refractivity contribution in [3.05, 3.63) is 0 Å². The normalized spacial score (nSPS) is 13.5. The fourth-order valence-corrected chi connectivity index (χ4v) is 0. The van der Waals surface area contributed by atoms with Gasteiger partial charge >= 0.3 is 58.1 Å². The summed E-state index contributed by atoms with van der Waals surface area (Å²) in [4.78, 5) is 22.7. The Bertz CT molecular complexity index is 105. The van der Waals surface area contributed by atoms with E-state index in [1.807, 2.05) is 0 Å². The van der Waals surface area contributed by atoms with Gasteiger partial charge < -0.3 is 14.7 Å². The zero-order chi connectivity index (χ0) is 8.78. The molecule has 1 unspecified atom stereocenters. The Kier molecular flexibility index (Phi) is 10.1. The Morgan fingerprint density at radius 1 is 1.50 bits per heavy atom. The molecule has 0 rings (SSSR count). The Labute approximate surface area is 84.1 Å². The molecular formula is C4H12NaO3PS. The summed E-state index contributed by atoms with van der Waals surface area (Å²) < 4.78 is 1.02. The van der Waals surface area contributed by atoms with E-state index < -0.39 is 6.72 Å². The third kappa shape index (κ3) is 55.6. The van der Waals surface area contributed by atoms with Crippen LogP contribution in [0.5, 0.6) is 0 Å². The van der Waals surface area contributed by atoms with E-state index in [2.05, 4.69) is 25.7 Å². The van der Waals surface area contributed by atoms with Crippen LogP contribution >= 0.6 is 6.72 Å². The summed E-state index contributed by atoms with van der Waals surface area (Å²) in [7, 11) is 0. The second-order valence-corrected chi connectivity index (χ2v) is 6.78. The molecule has 6 heteroatoms. The first-order valence-electron chi connectivity index (χ1n) is 3.05. The summed E-state index contributed by atoms with van der Waals surface area (Å²) in [6.07, 6.45) is 1.37. The van der Waals surface area contributed by atoms with Crippen molar-refractivity contribution in [3.63, 3.8) is 0 Å². The first kappa shape index (κ1) is 14.1. The van der Waals surface area contributed by atoms with E-state index in [1.165, 1.54) is 34.4 Å². The van der Waals surface area contributed by atoms with Crippen LogP contribution in [-0.2, 0) is 11.8 Å². The van der Waals surface area contributed by atoms with Crippen molar-refractivity contribution < 1.29 is 14.7 Å². The van der Waals surface area contributed by atoms with Gasteiger partial charge in [-0.3, -0.25) is 0 Å². The molecule has 1 atom stereocenters. The maximum Gasteiger partial charge on any atom is 0.319 e. The molecule has 0 spiro atoms. The number of hydrogen-bond donors (Lipinski definition) is 3. The molecule has 0 aliphatic rings. The van der Waals surface area contributed by atoms with Crippen LogP contribution < -0.4 is 0 Å². The first-order chi connectivity index (χ1) is 4.27. The van der Waals surface area contributed by atoms with E-state index in [1.54, 1.807) is 0 Å². The van der Waals surface area contributed by atoms with Gasteiger partial charge in [-0.2, -0.15) is 0 Å². The molecule has 0 aliphatic carbocycles. The maximum atomic E-state index is 7.56. The summed E-state index contributed by atoms with van der Waals surface area (Å²) in [5, 5.41) is 0. The van der Waals surface area contributed by atoms with E-state index in [9.17, 15) is 0 Å². The van der Waals surface area contributed by atoms with Crippen molar-refractivity contribution in [2.75, 3.05) is 0 Å². The summed E-state index contributed by atoms with van der Waals surface area (Å²) in [6, 6.07) is 0. The minimum absolute atomic E-state index is 1.02. The van der Waals surface area contributed by atoms with Gasteiger partial charge in [0.2, 0.25) is 0 Å². The largest absolute Gasteiger partial charge is 0.325 e. The molecule has 10 heavy (non-hydrogen) atoms. The van der Waals surface area contributed by atoms with Crippen LogP contribution in [0.15, 0.2) is 0 Å². The molecular weight excluding hydrogens is 182 g/mol. The van der Waals surface area contributed by atoms with Crippen molar-refractivity contribution in [1.82, 2.24) is 0 Å². The molecule has 0 amide bonds. The predicted octanol–water partition coefficient (Wildman–Crippen LogP) is 0.561. The van der Waals surface area contributed by atoms with Crippen LogP contribution in [0, 0.1) is 0 Å². The summed E-state index contributed by atoms with van der Waals surface area (Å²) in [5.74, 6) is 0. The smallest absolute Gasteiger partial charge is 0.319 e. The third-order valence-corrected chi connectivity index (χ3v) is 1.63. The molecule has 0 saturated heterocycles. The first-order valence-corrected chi connectivity index (χ1v) is 6.87. The van der Waals surface area contributed by atoms with Crippen LogP contribution in [0.4, 0.5) is 0 Å². The average Bonchev–Trinajstić information content (AvgIpc) is 1.61. The topological polar surface area (TPSA) is 60.7 Å². The second kappa shape index (κ2) is 7.19. The predicted molar refractivity (Wildman–Crippen MR) is 46.4 cm³/mol. The summed E-state index contributed by atoms with van der Waals surface area (Å²) in [5.41, 5.74) is 0. The van der Waals surface area contributed by atoms with Crippen molar-refractivity contribution in [2.45, 2.75) is 23.4 Å². The molecule has 58 valence electrons. The van der Waals surface area contributed by atoms with E-state index >= 15 is 0 Å². The molecule has 0 heterocycles. The van der Waals surface area contributed by atoms with E-state index in [0.29, 0.717) is 0 Å². The summed E-state index contributed by atoms with van der Waals surface area (Å²) in [6.45, 7) is 0.712. The molecule has 3 nitrogen and oxygen atoms in total. The average molecular weight is 194 g/mol. The molecule has 0 aromatic heterocycles. The van der Waals surface area contributed by atoms with Gasteiger partial charge in [0.15, 0.2) is 0 Å². The molecule has 0 aromatic carbocycles. The fraction of sp³-hybridized carbons (Fsp3) is 1.00. The van der Waals surface area contributed by atoms with Crippen LogP contribution in [0.2, 0.25) is 3.17 Å². The van der Waals surface area contributed by atoms with Crippen LogP contribution in [0.3, 0.4) is 0 Å². The van der Waals surface area contributed by atoms with Gasteiger partial charge in [-0.15, -0.1) is 0 Å². The minimum Gasteiger partial charge on any atom is -0.325 e. The molecule has 0 bridgehead atoms. The Morgan fingerprint density at radius 2 is 1.60 bits per heavy atom. The fourth-order valence-electron chi connectivity index (χ4n) is 0. The third-order valence-electron chi connectivity index (χ3n) is 0.816. The van der Waals surface area contributed by atoms with Crippen LogP contribution in [0.1, 0.15) is 20.3 Å². The van der Waals surface area contributed by atoms with Crippen molar-refractivity contribution >= 4 is 46.5 Å². The standard InChI is InChI=1S/C4H9.Na.H3O3PS/c1-3-4-2;;1-4(2,3)5/h3H,4H2,1-2H3;;(H3,1,2,3,5). The molecule has 0 aromatic rings. The van der Waals surface area contributed by atoms with Crippen LogP contribution in [0.25, 0.3) is 0 Å². The van der Waals surface area contributed by atoms with Gasteiger partial charge in [0, 0.05) is 0 Å². The van der Waals surface area contributed by atoms with Crippen molar-refractivity contribution in [3.8, 4) is 0 Å². The van der Waals surface area contributed by atoms with Gasteiger partial charge in [0.05, 0.1) is 0 Å². The van der Waals surface area contributed by atoms with E-state index in [-0.39, 0.29) is 0 Å². The monoisotopic (exact) mass is 194 g/mol.